The normalized spacial score (nSPS) is 19.5. The maximum atomic E-state index is 10.1. The van der Waals surface area contributed by atoms with Crippen molar-refractivity contribution in [2.75, 3.05) is 38.1 Å². The number of aromatic hydroxyl groups is 1. The van der Waals surface area contributed by atoms with Crippen molar-refractivity contribution in [3.8, 4) is 5.88 Å². The highest BCUT2D eigenvalue weighted by atomic mass is 16.3. The molecule has 1 fully saturated rings. The van der Waals surface area contributed by atoms with Crippen molar-refractivity contribution in [1.29, 1.82) is 0 Å². The summed E-state index contributed by atoms with van der Waals surface area (Å²) in [6.07, 6.45) is 5.34. The molecular formula is C16H18N6O. The average Bonchev–Trinajstić information content (AvgIpc) is 3.13. The number of hydrogen-bond acceptors (Lipinski definition) is 6. The molecule has 0 saturated carbocycles. The fraction of sp³-hybridized carbons (Fsp3) is 0.312. The number of anilines is 1. The summed E-state index contributed by atoms with van der Waals surface area (Å²) in [5.74, 6) is 1.43. The van der Waals surface area contributed by atoms with E-state index in [9.17, 15) is 5.11 Å². The molecule has 0 unspecified atom stereocenters. The summed E-state index contributed by atoms with van der Waals surface area (Å²) in [4.78, 5) is 20.4. The smallest absolute Gasteiger partial charge is 0.238 e. The Morgan fingerprint density at radius 3 is 2.91 bits per heavy atom. The van der Waals surface area contributed by atoms with Crippen LogP contribution < -0.4 is 4.90 Å². The van der Waals surface area contributed by atoms with E-state index >= 15 is 0 Å². The van der Waals surface area contributed by atoms with Crippen LogP contribution in [0.5, 0.6) is 5.88 Å². The molecule has 4 rings (SSSR count). The van der Waals surface area contributed by atoms with Gasteiger partial charge in [0.25, 0.3) is 0 Å². The minimum absolute atomic E-state index is 0.0113. The molecule has 2 aliphatic rings. The quantitative estimate of drug-likeness (QED) is 0.879. The number of imidazole rings is 1. The van der Waals surface area contributed by atoms with Crippen molar-refractivity contribution >= 4 is 29.6 Å². The summed E-state index contributed by atoms with van der Waals surface area (Å²) in [6.45, 7) is 3.77. The van der Waals surface area contributed by atoms with Gasteiger partial charge in [-0.25, -0.2) is 9.98 Å². The minimum atomic E-state index is 0.0113. The number of allylic oxidation sites excluding steroid dienone is 1. The molecule has 0 amide bonds. The first-order valence-electron chi connectivity index (χ1n) is 7.64. The zero-order valence-corrected chi connectivity index (χ0v) is 12.9. The monoisotopic (exact) mass is 310 g/mol. The van der Waals surface area contributed by atoms with Crippen molar-refractivity contribution in [1.82, 2.24) is 19.9 Å². The van der Waals surface area contributed by atoms with Gasteiger partial charge in [-0.2, -0.15) is 4.98 Å². The number of aromatic amines is 1. The van der Waals surface area contributed by atoms with Gasteiger partial charge in [-0.05, 0) is 25.3 Å². The van der Waals surface area contributed by atoms with E-state index < -0.39 is 0 Å². The number of likely N-dealkylation sites (N-methyl/N-ethyl adjacent to an activating group) is 1. The van der Waals surface area contributed by atoms with Crippen LogP contribution in [0.15, 0.2) is 23.3 Å². The molecule has 0 atom stereocenters. The summed E-state index contributed by atoms with van der Waals surface area (Å²) in [5, 5.41) is 10.1. The van der Waals surface area contributed by atoms with Crippen LogP contribution in [-0.2, 0) is 0 Å². The van der Waals surface area contributed by atoms with Gasteiger partial charge >= 0.3 is 0 Å². The highest BCUT2D eigenvalue weighted by Crippen LogP contribution is 2.32. The molecule has 118 valence electrons. The largest absolute Gasteiger partial charge is 0.492 e. The number of fused-ring (bicyclic) bond motifs is 1. The number of rotatable bonds is 2. The van der Waals surface area contributed by atoms with E-state index in [1.165, 1.54) is 0 Å². The average molecular weight is 310 g/mol. The Morgan fingerprint density at radius 2 is 2.09 bits per heavy atom. The summed E-state index contributed by atoms with van der Waals surface area (Å²) in [7, 11) is 2.11. The maximum Gasteiger partial charge on any atom is 0.238 e. The predicted octanol–water partition coefficient (Wildman–Crippen LogP) is 1.52. The van der Waals surface area contributed by atoms with Crippen molar-refractivity contribution in [3.63, 3.8) is 0 Å². The lowest BCUT2D eigenvalue weighted by atomic mass is 10.1. The minimum Gasteiger partial charge on any atom is -0.492 e. The van der Waals surface area contributed by atoms with Gasteiger partial charge in [0, 0.05) is 49.7 Å². The van der Waals surface area contributed by atoms with Gasteiger partial charge < -0.3 is 19.9 Å². The van der Waals surface area contributed by atoms with Crippen LogP contribution >= 0.6 is 0 Å². The molecule has 2 aliphatic heterocycles. The first-order valence-corrected chi connectivity index (χ1v) is 7.64. The van der Waals surface area contributed by atoms with E-state index in [1.54, 1.807) is 12.4 Å². The van der Waals surface area contributed by atoms with Gasteiger partial charge in [0.2, 0.25) is 11.8 Å². The lowest BCUT2D eigenvalue weighted by Crippen LogP contribution is -2.44. The molecule has 2 aromatic heterocycles. The molecule has 0 aromatic carbocycles. The van der Waals surface area contributed by atoms with Gasteiger partial charge in [-0.3, -0.25) is 0 Å². The highest BCUT2D eigenvalue weighted by molar-refractivity contribution is 6.20. The number of aromatic nitrogens is 3. The van der Waals surface area contributed by atoms with Gasteiger partial charge in [0.1, 0.15) is 5.69 Å². The number of pyridine rings is 1. The third kappa shape index (κ3) is 2.59. The van der Waals surface area contributed by atoms with Crippen LogP contribution in [0.1, 0.15) is 11.3 Å². The van der Waals surface area contributed by atoms with E-state index in [2.05, 4.69) is 36.8 Å². The van der Waals surface area contributed by atoms with Gasteiger partial charge in [-0.15, -0.1) is 0 Å². The Balaban J connectivity index is 1.61. The van der Waals surface area contributed by atoms with Gasteiger partial charge in [0.05, 0.1) is 0 Å². The molecule has 2 N–H and O–H groups in total. The molecule has 0 radical (unpaired) electrons. The Labute approximate surface area is 134 Å². The van der Waals surface area contributed by atoms with Crippen LogP contribution in [0.3, 0.4) is 0 Å². The fourth-order valence-electron chi connectivity index (χ4n) is 2.83. The van der Waals surface area contributed by atoms with Crippen molar-refractivity contribution in [2.24, 2.45) is 4.99 Å². The van der Waals surface area contributed by atoms with E-state index in [1.807, 2.05) is 18.2 Å². The first kappa shape index (κ1) is 14.0. The number of aliphatic imine (C=N–C) groups is 1. The lowest BCUT2D eigenvalue weighted by Gasteiger charge is -2.31. The molecule has 2 aromatic rings. The lowest BCUT2D eigenvalue weighted by molar-refractivity contribution is 0.311. The Kier molecular flexibility index (Phi) is 3.34. The molecule has 0 spiro atoms. The summed E-state index contributed by atoms with van der Waals surface area (Å²) in [5.41, 5.74) is 2.47. The number of piperazine rings is 1. The predicted molar refractivity (Wildman–Crippen MR) is 90.2 cm³/mol. The third-order valence-electron chi connectivity index (χ3n) is 4.23. The molecule has 1 saturated heterocycles. The summed E-state index contributed by atoms with van der Waals surface area (Å²) < 4.78 is 0. The van der Waals surface area contributed by atoms with Crippen LogP contribution in [0, 0.1) is 0 Å². The van der Waals surface area contributed by atoms with E-state index in [-0.39, 0.29) is 5.88 Å². The number of nitrogens with one attached hydrogen (secondary N) is 1. The topological polar surface area (TPSA) is 80.6 Å². The molecule has 7 nitrogen and oxygen atoms in total. The standard InChI is InChI=1S/C16H18N6O/c1-21-5-7-22(8-6-21)16-19-13(15(23)20-16)9-11-10-18-14-12(11)3-2-4-17-14/h2-4,9-10,23H,5-8H2,1H3,(H,19,20)/b11-9+. The van der Waals surface area contributed by atoms with Crippen molar-refractivity contribution in [3.05, 3.63) is 29.6 Å². The Morgan fingerprint density at radius 1 is 1.26 bits per heavy atom. The van der Waals surface area contributed by atoms with E-state index in [0.29, 0.717) is 17.5 Å². The van der Waals surface area contributed by atoms with E-state index in [4.69, 9.17) is 0 Å². The maximum absolute atomic E-state index is 10.1. The van der Waals surface area contributed by atoms with Crippen molar-refractivity contribution in [2.45, 2.75) is 0 Å². The second-order valence-corrected chi connectivity index (χ2v) is 5.82. The second-order valence-electron chi connectivity index (χ2n) is 5.82. The highest BCUT2D eigenvalue weighted by Gasteiger charge is 2.20. The van der Waals surface area contributed by atoms with Gasteiger partial charge in [-0.1, -0.05) is 0 Å². The SMILES string of the molecule is CN1CCN(c2nc(O)c(/C=C3\C=Nc4ncccc43)[nH]2)CC1. The van der Waals surface area contributed by atoms with Crippen LogP contribution in [0.25, 0.3) is 11.6 Å². The van der Waals surface area contributed by atoms with E-state index in [0.717, 1.165) is 37.3 Å². The second kappa shape index (κ2) is 5.51. The first-order chi connectivity index (χ1) is 11.2. The van der Waals surface area contributed by atoms with Crippen LogP contribution in [0.2, 0.25) is 0 Å². The van der Waals surface area contributed by atoms with Crippen molar-refractivity contribution < 1.29 is 5.11 Å². The fourth-order valence-corrected chi connectivity index (χ4v) is 2.83. The molecule has 4 heterocycles. The Hall–Kier alpha value is -2.67. The number of nitrogens with zero attached hydrogens (tertiary/aromatic N) is 5. The molecular weight excluding hydrogens is 292 g/mol. The number of hydrogen-bond donors (Lipinski definition) is 2. The molecule has 7 heteroatoms. The zero-order valence-electron chi connectivity index (χ0n) is 12.9. The zero-order chi connectivity index (χ0) is 15.8. The van der Waals surface area contributed by atoms with Crippen LogP contribution in [0.4, 0.5) is 11.8 Å². The van der Waals surface area contributed by atoms with Gasteiger partial charge in [0.15, 0.2) is 5.82 Å². The summed E-state index contributed by atoms with van der Waals surface area (Å²) in [6, 6.07) is 3.85. The van der Waals surface area contributed by atoms with Crippen LogP contribution in [-0.4, -0.2) is 64.4 Å². The molecule has 0 aliphatic carbocycles. The summed E-state index contributed by atoms with van der Waals surface area (Å²) >= 11 is 0. The molecule has 23 heavy (non-hydrogen) atoms. The third-order valence-corrected chi connectivity index (χ3v) is 4.23. The Bertz CT molecular complexity index is 786. The number of H-pyrrole nitrogens is 1. The molecule has 0 bridgehead atoms.